The van der Waals surface area contributed by atoms with Gasteiger partial charge in [0.25, 0.3) is 0 Å². The molecule has 0 saturated carbocycles. The summed E-state index contributed by atoms with van der Waals surface area (Å²) in [6, 6.07) is 54.3. The van der Waals surface area contributed by atoms with E-state index in [1.54, 1.807) is 6.26 Å². The van der Waals surface area contributed by atoms with Gasteiger partial charge < -0.3 is 8.83 Å². The summed E-state index contributed by atoms with van der Waals surface area (Å²) in [6.07, 6.45) is 1.77. The maximum absolute atomic E-state index is 6.57. The molecule has 2 nitrogen and oxygen atoms in total. The molecule has 10 aromatic rings. The predicted molar refractivity (Wildman–Crippen MR) is 192 cm³/mol. The molecule has 0 atom stereocenters. The van der Waals surface area contributed by atoms with Gasteiger partial charge in [0.05, 0.1) is 6.26 Å². The molecular weight excluding hydrogens is 560 g/mol. The van der Waals surface area contributed by atoms with E-state index in [0.717, 1.165) is 44.0 Å². The number of furan rings is 2. The molecule has 0 spiro atoms. The van der Waals surface area contributed by atoms with Gasteiger partial charge in [-0.2, -0.15) is 0 Å². The zero-order valence-electron chi connectivity index (χ0n) is 24.8. The Labute approximate surface area is 264 Å². The Morgan fingerprint density at radius 1 is 0.348 bits per heavy atom. The van der Waals surface area contributed by atoms with Crippen molar-refractivity contribution in [1.82, 2.24) is 0 Å². The fraction of sp³-hybridized carbons (Fsp3) is 0. The highest BCUT2D eigenvalue weighted by Gasteiger charge is 2.20. The van der Waals surface area contributed by atoms with Gasteiger partial charge in [0.1, 0.15) is 16.7 Å². The highest BCUT2D eigenvalue weighted by Crippen LogP contribution is 2.47. The number of hydrogen-bond donors (Lipinski definition) is 0. The van der Waals surface area contributed by atoms with Crippen LogP contribution in [0.1, 0.15) is 0 Å². The lowest BCUT2D eigenvalue weighted by Crippen LogP contribution is -1.91. The topological polar surface area (TPSA) is 26.3 Å². The lowest BCUT2D eigenvalue weighted by Gasteiger charge is -2.18. The molecule has 214 valence electrons. The Morgan fingerprint density at radius 2 is 0.957 bits per heavy atom. The smallest absolute Gasteiger partial charge is 0.143 e. The zero-order valence-corrected chi connectivity index (χ0v) is 24.8. The van der Waals surface area contributed by atoms with Crippen molar-refractivity contribution in [3.8, 4) is 33.4 Å². The molecule has 10 rings (SSSR count). The van der Waals surface area contributed by atoms with Crippen LogP contribution in [0.5, 0.6) is 0 Å². The fourth-order valence-electron chi connectivity index (χ4n) is 7.54. The maximum Gasteiger partial charge on any atom is 0.143 e. The number of benzene rings is 8. The van der Waals surface area contributed by atoms with Crippen molar-refractivity contribution in [2.45, 2.75) is 0 Å². The summed E-state index contributed by atoms with van der Waals surface area (Å²) < 4.78 is 12.6. The normalized spacial score (nSPS) is 11.9. The minimum Gasteiger partial charge on any atom is -0.464 e. The van der Waals surface area contributed by atoms with Crippen molar-refractivity contribution >= 4 is 65.2 Å². The van der Waals surface area contributed by atoms with Crippen LogP contribution in [-0.4, -0.2) is 0 Å². The van der Waals surface area contributed by atoms with Crippen LogP contribution in [0.4, 0.5) is 0 Å². The Balaban J connectivity index is 1.29. The fourth-order valence-corrected chi connectivity index (χ4v) is 7.54. The molecule has 0 unspecified atom stereocenters. The standard InChI is InChI=1S/C44H26O2/c1-3-15-34-32(13-1)41(29-23-22-27-10-7-17-30(39(27)26-29)36-18-8-11-28-24-25-45-43(28)36)33-14-2-4-16-35(33)42(34)38-20-9-19-37-31-12-5-6-21-40(31)46-44(37)38/h1-26H. The average molecular weight is 587 g/mol. The van der Waals surface area contributed by atoms with Crippen LogP contribution in [0.15, 0.2) is 167 Å². The molecule has 2 heterocycles. The zero-order chi connectivity index (χ0) is 30.2. The van der Waals surface area contributed by atoms with Crippen molar-refractivity contribution in [2.24, 2.45) is 0 Å². The third-order valence-electron chi connectivity index (χ3n) is 9.55. The van der Waals surface area contributed by atoms with Crippen LogP contribution < -0.4 is 0 Å². The molecule has 0 aliphatic carbocycles. The first-order valence-electron chi connectivity index (χ1n) is 15.7. The van der Waals surface area contributed by atoms with Gasteiger partial charge >= 0.3 is 0 Å². The number of rotatable bonds is 3. The van der Waals surface area contributed by atoms with E-state index < -0.39 is 0 Å². The van der Waals surface area contributed by atoms with Crippen LogP contribution >= 0.6 is 0 Å². The van der Waals surface area contributed by atoms with Gasteiger partial charge in [-0.15, -0.1) is 0 Å². The van der Waals surface area contributed by atoms with Crippen LogP contribution in [-0.2, 0) is 0 Å². The molecule has 0 fully saturated rings. The number of hydrogen-bond acceptors (Lipinski definition) is 2. The Hall–Kier alpha value is -6.12. The van der Waals surface area contributed by atoms with Crippen molar-refractivity contribution in [2.75, 3.05) is 0 Å². The first kappa shape index (κ1) is 25.2. The first-order chi connectivity index (χ1) is 22.8. The molecule has 0 radical (unpaired) electrons. The first-order valence-corrected chi connectivity index (χ1v) is 15.7. The van der Waals surface area contributed by atoms with Gasteiger partial charge in [0, 0.05) is 32.8 Å². The molecule has 0 aliphatic heterocycles. The van der Waals surface area contributed by atoms with E-state index in [9.17, 15) is 0 Å². The van der Waals surface area contributed by atoms with E-state index in [4.69, 9.17) is 8.83 Å². The highest BCUT2D eigenvalue weighted by molar-refractivity contribution is 6.24. The van der Waals surface area contributed by atoms with Crippen LogP contribution in [0.25, 0.3) is 98.6 Å². The Bertz CT molecular complexity index is 2750. The largest absolute Gasteiger partial charge is 0.464 e. The quantitative estimate of drug-likeness (QED) is 0.193. The molecule has 2 aromatic heterocycles. The molecule has 46 heavy (non-hydrogen) atoms. The molecule has 0 N–H and O–H groups in total. The highest BCUT2D eigenvalue weighted by atomic mass is 16.3. The second-order valence-corrected chi connectivity index (χ2v) is 12.0. The van der Waals surface area contributed by atoms with Gasteiger partial charge in [-0.1, -0.05) is 133 Å². The second-order valence-electron chi connectivity index (χ2n) is 12.0. The molecule has 2 heteroatoms. The van der Waals surface area contributed by atoms with Crippen LogP contribution in [0.2, 0.25) is 0 Å². The van der Waals surface area contributed by atoms with Crippen LogP contribution in [0.3, 0.4) is 0 Å². The number of para-hydroxylation sites is 3. The van der Waals surface area contributed by atoms with Gasteiger partial charge in [-0.05, 0) is 67.2 Å². The minimum absolute atomic E-state index is 0.910. The van der Waals surface area contributed by atoms with E-state index in [-0.39, 0.29) is 0 Å². The Morgan fingerprint density at radius 3 is 1.74 bits per heavy atom. The summed E-state index contributed by atoms with van der Waals surface area (Å²) in [6.45, 7) is 0. The predicted octanol–water partition coefficient (Wildman–Crippen LogP) is 12.8. The SMILES string of the molecule is c1cc(-c2cccc3ccoc23)c2cc(-c3c4ccccc4c(-c4cccc5c4oc4ccccc45)c4ccccc34)ccc2c1. The summed E-state index contributed by atoms with van der Waals surface area (Å²) >= 11 is 0. The van der Waals surface area contributed by atoms with Crippen molar-refractivity contribution in [3.05, 3.63) is 158 Å². The van der Waals surface area contributed by atoms with E-state index >= 15 is 0 Å². The van der Waals surface area contributed by atoms with Gasteiger partial charge in [-0.25, -0.2) is 0 Å². The summed E-state index contributed by atoms with van der Waals surface area (Å²) in [5.74, 6) is 0. The monoisotopic (exact) mass is 586 g/mol. The van der Waals surface area contributed by atoms with E-state index in [0.29, 0.717) is 0 Å². The van der Waals surface area contributed by atoms with Gasteiger partial charge in [0.15, 0.2) is 0 Å². The lowest BCUT2D eigenvalue weighted by atomic mass is 9.85. The molecule has 0 bridgehead atoms. The third-order valence-corrected chi connectivity index (χ3v) is 9.55. The van der Waals surface area contributed by atoms with E-state index in [1.807, 2.05) is 12.1 Å². The van der Waals surface area contributed by atoms with Crippen molar-refractivity contribution in [1.29, 1.82) is 0 Å². The van der Waals surface area contributed by atoms with Gasteiger partial charge in [0.2, 0.25) is 0 Å². The summed E-state index contributed by atoms with van der Waals surface area (Å²) in [5.41, 5.74) is 9.76. The van der Waals surface area contributed by atoms with E-state index in [2.05, 4.69) is 140 Å². The van der Waals surface area contributed by atoms with Gasteiger partial charge in [-0.3, -0.25) is 0 Å². The molecule has 0 saturated heterocycles. The average Bonchev–Trinajstić information content (AvgIpc) is 3.75. The second kappa shape index (κ2) is 9.69. The van der Waals surface area contributed by atoms with E-state index in [1.165, 1.54) is 54.6 Å². The maximum atomic E-state index is 6.57. The molecular formula is C44H26O2. The summed E-state index contributed by atoms with van der Waals surface area (Å²) in [5, 5.41) is 10.6. The Kier molecular flexibility index (Phi) is 5.31. The molecule has 0 aliphatic rings. The lowest BCUT2D eigenvalue weighted by molar-refractivity contribution is 0.617. The van der Waals surface area contributed by atoms with Crippen molar-refractivity contribution in [3.63, 3.8) is 0 Å². The number of fused-ring (bicyclic) bond motifs is 7. The summed E-state index contributed by atoms with van der Waals surface area (Å²) in [7, 11) is 0. The minimum atomic E-state index is 0.910. The van der Waals surface area contributed by atoms with Crippen molar-refractivity contribution < 1.29 is 8.83 Å². The third kappa shape index (κ3) is 3.59. The van der Waals surface area contributed by atoms with Crippen LogP contribution in [0, 0.1) is 0 Å². The molecule has 0 amide bonds. The summed E-state index contributed by atoms with van der Waals surface area (Å²) in [4.78, 5) is 0. The molecule has 8 aromatic carbocycles.